The summed E-state index contributed by atoms with van der Waals surface area (Å²) in [6, 6.07) is 7.03. The summed E-state index contributed by atoms with van der Waals surface area (Å²) in [5.41, 5.74) is 8.52. The Balaban J connectivity index is 1.89. The van der Waals surface area contributed by atoms with Crippen molar-refractivity contribution in [2.45, 2.75) is 65.7 Å². The summed E-state index contributed by atoms with van der Waals surface area (Å²) in [6.45, 7) is 17.8. The number of benzene rings is 1. The third-order valence-corrected chi connectivity index (χ3v) is 7.08. The van der Waals surface area contributed by atoms with Crippen LogP contribution in [0.5, 0.6) is 0 Å². The Morgan fingerprint density at radius 3 is 2.50 bits per heavy atom. The minimum Gasteiger partial charge on any atom is -0.374 e. The molecule has 1 aromatic carbocycles. The molecule has 2 heterocycles. The molecule has 36 heavy (non-hydrogen) atoms. The molecule has 194 valence electrons. The Bertz CT molecular complexity index is 1170. The number of hydrogen-bond acceptors (Lipinski definition) is 3. The molecule has 1 aromatic heterocycles. The molecular formula is C31H45N5. The predicted molar refractivity (Wildman–Crippen MR) is 158 cm³/mol. The van der Waals surface area contributed by atoms with Crippen LogP contribution in [0.4, 0.5) is 0 Å². The molecule has 1 aliphatic rings. The molecule has 0 amide bonds. The van der Waals surface area contributed by atoms with Crippen LogP contribution >= 0.6 is 0 Å². The second-order valence-electron chi connectivity index (χ2n) is 10.6. The Hall–Kier alpha value is -2.92. The van der Waals surface area contributed by atoms with Gasteiger partial charge in [-0.25, -0.2) is 4.99 Å². The molecule has 5 nitrogen and oxygen atoms in total. The molecule has 5 heteroatoms. The smallest absolute Gasteiger partial charge is 0.117 e. The van der Waals surface area contributed by atoms with E-state index in [2.05, 4.69) is 98.5 Å². The summed E-state index contributed by atoms with van der Waals surface area (Å²) in [5, 5.41) is 9.04. The van der Waals surface area contributed by atoms with Gasteiger partial charge in [-0.05, 0) is 93.9 Å². The van der Waals surface area contributed by atoms with Crippen LogP contribution in [0.25, 0.3) is 16.5 Å². The zero-order valence-electron chi connectivity index (χ0n) is 23.4. The molecule has 1 aliphatic heterocycles. The minimum atomic E-state index is 0.340. The van der Waals surface area contributed by atoms with Gasteiger partial charge in [0.25, 0.3) is 0 Å². The van der Waals surface area contributed by atoms with Gasteiger partial charge in [0.05, 0.1) is 0 Å². The largest absolute Gasteiger partial charge is 0.374 e. The highest BCUT2D eigenvalue weighted by Gasteiger charge is 2.23. The maximum atomic E-state index is 7.70. The number of aromatic amines is 1. The molecule has 0 aliphatic carbocycles. The Labute approximate surface area is 218 Å². The van der Waals surface area contributed by atoms with Crippen LogP contribution < -0.4 is 0 Å². The lowest BCUT2D eigenvalue weighted by atomic mass is 9.87. The first-order valence-corrected chi connectivity index (χ1v) is 13.3. The topological polar surface area (TPSA) is 58.5 Å². The maximum absolute atomic E-state index is 7.70. The summed E-state index contributed by atoms with van der Waals surface area (Å²) in [6.07, 6.45) is 9.49. The average molecular weight is 488 g/mol. The van der Waals surface area contributed by atoms with E-state index in [0.717, 1.165) is 37.3 Å². The number of nitrogens with one attached hydrogen (secondary N) is 2. The Kier molecular flexibility index (Phi) is 9.49. The van der Waals surface area contributed by atoms with E-state index in [-0.39, 0.29) is 0 Å². The standard InChI is InChI=1S/C31H45N5/c1-9-24(11-13-27(10-2)33-23(6)32)31-30(21(3)4)28-19-26(12-14-29(28)34-31)25-15-17-36(18-16-25)22(5)20-35(7)8/h9,11-14,19,21,25,32,34H,5,10,15-18,20H2,1-4,6-8H3/b13-11-,24-9+,32-23?,33-27?. The van der Waals surface area contributed by atoms with Crippen LogP contribution in [0.15, 0.2) is 53.7 Å². The second kappa shape index (κ2) is 12.4. The van der Waals surface area contributed by atoms with E-state index < -0.39 is 0 Å². The summed E-state index contributed by atoms with van der Waals surface area (Å²) in [5.74, 6) is 1.32. The van der Waals surface area contributed by atoms with E-state index >= 15 is 0 Å². The molecule has 0 atom stereocenters. The Morgan fingerprint density at radius 1 is 1.25 bits per heavy atom. The van der Waals surface area contributed by atoms with Gasteiger partial charge in [-0.1, -0.05) is 45.6 Å². The van der Waals surface area contributed by atoms with Gasteiger partial charge >= 0.3 is 0 Å². The number of hydrogen-bond donors (Lipinski definition) is 2. The third-order valence-electron chi connectivity index (χ3n) is 7.08. The number of amidine groups is 1. The van der Waals surface area contributed by atoms with E-state index in [1.807, 2.05) is 6.08 Å². The molecule has 3 rings (SSSR count). The van der Waals surface area contributed by atoms with Gasteiger partial charge in [-0.15, -0.1) is 0 Å². The van der Waals surface area contributed by atoms with Gasteiger partial charge in [-0.2, -0.15) is 0 Å². The highest BCUT2D eigenvalue weighted by Crippen LogP contribution is 2.37. The highest BCUT2D eigenvalue weighted by molar-refractivity contribution is 6.04. The zero-order valence-corrected chi connectivity index (χ0v) is 23.4. The van der Waals surface area contributed by atoms with E-state index in [0.29, 0.717) is 17.7 Å². The van der Waals surface area contributed by atoms with Gasteiger partial charge in [0, 0.05) is 47.6 Å². The van der Waals surface area contributed by atoms with E-state index in [4.69, 9.17) is 5.41 Å². The Morgan fingerprint density at radius 2 is 1.94 bits per heavy atom. The van der Waals surface area contributed by atoms with Crippen molar-refractivity contribution in [1.82, 2.24) is 14.8 Å². The van der Waals surface area contributed by atoms with E-state index in [1.165, 1.54) is 46.3 Å². The normalized spacial score (nSPS) is 16.2. The number of aromatic nitrogens is 1. The van der Waals surface area contributed by atoms with Gasteiger partial charge in [-0.3, -0.25) is 5.41 Å². The zero-order chi connectivity index (χ0) is 26.4. The number of piperidine rings is 1. The average Bonchev–Trinajstić information content (AvgIpc) is 3.22. The maximum Gasteiger partial charge on any atom is 0.117 e. The minimum absolute atomic E-state index is 0.340. The molecule has 0 bridgehead atoms. The van der Waals surface area contributed by atoms with Crippen LogP contribution in [0.2, 0.25) is 0 Å². The number of likely N-dealkylation sites (tertiary alicyclic amines) is 1. The SMILES string of the molecule is C=C(CN(C)C)N1CCC(c2ccc3[nH]c(C(/C=C\C(CC)=NC(C)=N)=C/C)c(C(C)C)c3c2)CC1. The second-order valence-corrected chi connectivity index (χ2v) is 10.6. The van der Waals surface area contributed by atoms with Gasteiger partial charge in [0.1, 0.15) is 5.84 Å². The first kappa shape index (κ1) is 27.7. The van der Waals surface area contributed by atoms with Crippen LogP contribution in [-0.4, -0.2) is 60.1 Å². The van der Waals surface area contributed by atoms with Crippen LogP contribution in [0.1, 0.15) is 82.5 Å². The van der Waals surface area contributed by atoms with Gasteiger partial charge < -0.3 is 14.8 Å². The number of likely N-dealkylation sites (N-methyl/N-ethyl adjacent to an activating group) is 1. The number of nitrogens with zero attached hydrogens (tertiary/aromatic N) is 3. The lowest BCUT2D eigenvalue weighted by Gasteiger charge is -2.35. The molecule has 2 aromatic rings. The first-order chi connectivity index (χ1) is 17.1. The predicted octanol–water partition coefficient (Wildman–Crippen LogP) is 7.35. The fourth-order valence-corrected chi connectivity index (χ4v) is 5.27. The fourth-order valence-electron chi connectivity index (χ4n) is 5.27. The van der Waals surface area contributed by atoms with Crippen LogP contribution in [-0.2, 0) is 0 Å². The van der Waals surface area contributed by atoms with Crippen LogP contribution in [0.3, 0.4) is 0 Å². The molecule has 0 radical (unpaired) electrons. The molecule has 1 saturated heterocycles. The van der Waals surface area contributed by atoms with Crippen molar-refractivity contribution < 1.29 is 0 Å². The number of rotatable bonds is 9. The summed E-state index contributed by atoms with van der Waals surface area (Å²) >= 11 is 0. The first-order valence-electron chi connectivity index (χ1n) is 13.3. The van der Waals surface area contributed by atoms with Crippen molar-refractivity contribution in [1.29, 1.82) is 5.41 Å². The molecule has 0 spiro atoms. The summed E-state index contributed by atoms with van der Waals surface area (Å²) < 4.78 is 0. The quantitative estimate of drug-likeness (QED) is 0.221. The molecule has 2 N–H and O–H groups in total. The number of fused-ring (bicyclic) bond motifs is 1. The number of H-pyrrole nitrogens is 1. The third kappa shape index (κ3) is 6.64. The van der Waals surface area contributed by atoms with Gasteiger partial charge in [0.2, 0.25) is 0 Å². The lowest BCUT2D eigenvalue weighted by Crippen LogP contribution is -2.35. The van der Waals surface area contributed by atoms with Crippen molar-refractivity contribution in [2.24, 2.45) is 4.99 Å². The van der Waals surface area contributed by atoms with Crippen molar-refractivity contribution in [3.63, 3.8) is 0 Å². The fraction of sp³-hybridized carbons (Fsp3) is 0.484. The number of aliphatic imine (C=N–C) groups is 1. The van der Waals surface area contributed by atoms with Crippen molar-refractivity contribution in [3.8, 4) is 0 Å². The summed E-state index contributed by atoms with van der Waals surface area (Å²) in [7, 11) is 4.21. The highest BCUT2D eigenvalue weighted by atomic mass is 15.2. The van der Waals surface area contributed by atoms with E-state index in [9.17, 15) is 0 Å². The molecular weight excluding hydrogens is 442 g/mol. The number of allylic oxidation sites excluding steroid dienone is 4. The summed E-state index contributed by atoms with van der Waals surface area (Å²) in [4.78, 5) is 12.7. The monoisotopic (exact) mass is 487 g/mol. The molecule has 0 unspecified atom stereocenters. The van der Waals surface area contributed by atoms with Crippen molar-refractivity contribution in [3.05, 3.63) is 65.5 Å². The van der Waals surface area contributed by atoms with Crippen molar-refractivity contribution >= 4 is 28.0 Å². The molecule has 1 fully saturated rings. The van der Waals surface area contributed by atoms with Gasteiger partial charge in [0.15, 0.2) is 0 Å². The van der Waals surface area contributed by atoms with Crippen molar-refractivity contribution in [2.75, 3.05) is 33.7 Å². The molecule has 0 saturated carbocycles. The van der Waals surface area contributed by atoms with Crippen LogP contribution in [0, 0.1) is 5.41 Å². The van der Waals surface area contributed by atoms with E-state index in [1.54, 1.807) is 6.92 Å². The lowest BCUT2D eigenvalue weighted by molar-refractivity contribution is 0.243.